The Hall–Kier alpha value is -0.850. The lowest BCUT2D eigenvalue weighted by Gasteiger charge is -2.08. The van der Waals surface area contributed by atoms with Crippen LogP contribution in [-0.2, 0) is 16.6 Å². The molecule has 1 fully saturated rings. The van der Waals surface area contributed by atoms with Gasteiger partial charge in [0.05, 0.1) is 0 Å². The van der Waals surface area contributed by atoms with E-state index < -0.39 is 10.0 Å². The van der Waals surface area contributed by atoms with Gasteiger partial charge in [-0.2, -0.15) is 0 Å². The summed E-state index contributed by atoms with van der Waals surface area (Å²) in [5, 5.41) is 3.07. The SMILES string of the molecule is CNCc1cc(S(=O)(=O)N(C)C)cn1C1CC1. The molecule has 0 bridgehead atoms. The van der Waals surface area contributed by atoms with Crippen LogP contribution in [0.25, 0.3) is 0 Å². The van der Waals surface area contributed by atoms with E-state index in [1.54, 1.807) is 26.4 Å². The Bertz CT molecular complexity index is 501. The van der Waals surface area contributed by atoms with E-state index >= 15 is 0 Å². The lowest BCUT2D eigenvalue weighted by Crippen LogP contribution is -2.21. The summed E-state index contributed by atoms with van der Waals surface area (Å²) in [5.74, 6) is 0. The second-order valence-corrected chi connectivity index (χ2v) is 6.78. The molecule has 1 saturated carbocycles. The number of aromatic nitrogens is 1. The zero-order valence-electron chi connectivity index (χ0n) is 10.5. The van der Waals surface area contributed by atoms with Crippen LogP contribution >= 0.6 is 0 Å². The van der Waals surface area contributed by atoms with Gasteiger partial charge in [-0.05, 0) is 26.0 Å². The van der Waals surface area contributed by atoms with Gasteiger partial charge in [0, 0.05) is 38.6 Å². The van der Waals surface area contributed by atoms with Crippen molar-refractivity contribution in [1.82, 2.24) is 14.2 Å². The predicted molar refractivity (Wildman–Crippen MR) is 66.3 cm³/mol. The summed E-state index contributed by atoms with van der Waals surface area (Å²) < 4.78 is 27.4. The molecule has 1 aliphatic rings. The maximum absolute atomic E-state index is 12.0. The molecule has 1 aliphatic carbocycles. The van der Waals surface area contributed by atoms with Crippen LogP contribution in [0.2, 0.25) is 0 Å². The van der Waals surface area contributed by atoms with Gasteiger partial charge in [0.15, 0.2) is 0 Å². The van der Waals surface area contributed by atoms with Crippen LogP contribution in [0.3, 0.4) is 0 Å². The van der Waals surface area contributed by atoms with Crippen LogP contribution in [0, 0.1) is 0 Å². The van der Waals surface area contributed by atoms with Crippen LogP contribution in [0.1, 0.15) is 24.6 Å². The molecule has 0 spiro atoms. The van der Waals surface area contributed by atoms with Gasteiger partial charge in [-0.25, -0.2) is 12.7 Å². The monoisotopic (exact) mass is 257 g/mol. The van der Waals surface area contributed by atoms with Crippen molar-refractivity contribution in [3.63, 3.8) is 0 Å². The minimum absolute atomic E-state index is 0.389. The zero-order chi connectivity index (χ0) is 12.6. The number of hydrogen-bond acceptors (Lipinski definition) is 3. The molecule has 1 heterocycles. The smallest absolute Gasteiger partial charge is 0.244 e. The molecule has 0 amide bonds. The van der Waals surface area contributed by atoms with Crippen LogP contribution in [0.5, 0.6) is 0 Å². The second kappa shape index (κ2) is 4.44. The van der Waals surface area contributed by atoms with Gasteiger partial charge in [0.25, 0.3) is 0 Å². The lowest BCUT2D eigenvalue weighted by atomic mass is 10.4. The highest BCUT2D eigenvalue weighted by Crippen LogP contribution is 2.37. The Kier molecular flexibility index (Phi) is 3.29. The van der Waals surface area contributed by atoms with E-state index in [0.717, 1.165) is 18.5 Å². The summed E-state index contributed by atoms with van der Waals surface area (Å²) in [7, 11) is 1.66. The van der Waals surface area contributed by atoms with E-state index in [9.17, 15) is 8.42 Å². The maximum Gasteiger partial charge on any atom is 0.244 e. The first kappa shape index (κ1) is 12.6. The van der Waals surface area contributed by atoms with E-state index in [1.165, 1.54) is 4.31 Å². The molecule has 0 aromatic carbocycles. The summed E-state index contributed by atoms with van der Waals surface area (Å²) in [5.41, 5.74) is 1.04. The molecule has 0 atom stereocenters. The van der Waals surface area contributed by atoms with Crippen molar-refractivity contribution in [1.29, 1.82) is 0 Å². The van der Waals surface area contributed by atoms with Gasteiger partial charge in [-0.15, -0.1) is 0 Å². The molecule has 0 aliphatic heterocycles. The molecule has 2 rings (SSSR count). The Morgan fingerprint density at radius 2 is 2.12 bits per heavy atom. The van der Waals surface area contributed by atoms with E-state index in [2.05, 4.69) is 9.88 Å². The molecule has 0 unspecified atom stereocenters. The largest absolute Gasteiger partial charge is 0.346 e. The topological polar surface area (TPSA) is 54.3 Å². The molecule has 1 N–H and O–H groups in total. The molecule has 1 aromatic heterocycles. The number of hydrogen-bond donors (Lipinski definition) is 1. The summed E-state index contributed by atoms with van der Waals surface area (Å²) in [6.07, 6.45) is 4.05. The van der Waals surface area contributed by atoms with E-state index in [4.69, 9.17) is 0 Å². The molecule has 17 heavy (non-hydrogen) atoms. The van der Waals surface area contributed by atoms with Gasteiger partial charge in [0.1, 0.15) is 4.90 Å². The third kappa shape index (κ3) is 2.38. The van der Waals surface area contributed by atoms with Crippen LogP contribution in [0.4, 0.5) is 0 Å². The predicted octanol–water partition coefficient (Wildman–Crippen LogP) is 0.793. The van der Waals surface area contributed by atoms with Gasteiger partial charge >= 0.3 is 0 Å². The normalized spacial score (nSPS) is 16.7. The third-order valence-corrected chi connectivity index (χ3v) is 4.76. The van der Waals surface area contributed by atoms with Crippen molar-refractivity contribution in [2.45, 2.75) is 30.3 Å². The molecule has 96 valence electrons. The van der Waals surface area contributed by atoms with Crippen molar-refractivity contribution in [3.05, 3.63) is 18.0 Å². The van der Waals surface area contributed by atoms with Crippen molar-refractivity contribution >= 4 is 10.0 Å². The van der Waals surface area contributed by atoms with E-state index in [0.29, 0.717) is 17.5 Å². The first-order valence-corrected chi connectivity index (χ1v) is 7.18. The van der Waals surface area contributed by atoms with Crippen molar-refractivity contribution < 1.29 is 8.42 Å². The number of sulfonamides is 1. The van der Waals surface area contributed by atoms with Gasteiger partial charge in [-0.3, -0.25) is 0 Å². The van der Waals surface area contributed by atoms with Crippen LogP contribution in [0.15, 0.2) is 17.2 Å². The van der Waals surface area contributed by atoms with Gasteiger partial charge in [-0.1, -0.05) is 0 Å². The molecule has 1 aromatic rings. The Morgan fingerprint density at radius 3 is 2.59 bits per heavy atom. The molecule has 0 radical (unpaired) electrons. The van der Waals surface area contributed by atoms with E-state index in [-0.39, 0.29) is 0 Å². The van der Waals surface area contributed by atoms with Gasteiger partial charge in [0.2, 0.25) is 10.0 Å². The van der Waals surface area contributed by atoms with Gasteiger partial charge < -0.3 is 9.88 Å². The average molecular weight is 257 g/mol. The molecule has 6 heteroatoms. The Balaban J connectivity index is 2.40. The summed E-state index contributed by atoms with van der Waals surface area (Å²) in [6.45, 7) is 0.694. The number of rotatable bonds is 5. The first-order chi connectivity index (χ1) is 7.96. The second-order valence-electron chi connectivity index (χ2n) is 4.62. The molecule has 0 saturated heterocycles. The van der Waals surface area contributed by atoms with Crippen molar-refractivity contribution in [3.8, 4) is 0 Å². The highest BCUT2D eigenvalue weighted by molar-refractivity contribution is 7.89. The first-order valence-electron chi connectivity index (χ1n) is 5.74. The fourth-order valence-corrected chi connectivity index (χ4v) is 2.82. The Labute approximate surface area is 102 Å². The maximum atomic E-state index is 12.0. The van der Waals surface area contributed by atoms with Crippen molar-refractivity contribution in [2.75, 3.05) is 21.1 Å². The number of nitrogens with zero attached hydrogens (tertiary/aromatic N) is 2. The molecular formula is C11H19N3O2S. The zero-order valence-corrected chi connectivity index (χ0v) is 11.3. The Morgan fingerprint density at radius 1 is 1.47 bits per heavy atom. The summed E-state index contributed by atoms with van der Waals surface area (Å²) in [4.78, 5) is 0.389. The average Bonchev–Trinajstić information content (AvgIpc) is 3.00. The van der Waals surface area contributed by atoms with Crippen LogP contribution in [-0.4, -0.2) is 38.4 Å². The fraction of sp³-hybridized carbons (Fsp3) is 0.636. The molecular weight excluding hydrogens is 238 g/mol. The fourth-order valence-electron chi connectivity index (χ4n) is 1.86. The summed E-state index contributed by atoms with van der Waals surface area (Å²) >= 11 is 0. The lowest BCUT2D eigenvalue weighted by molar-refractivity contribution is 0.520. The minimum Gasteiger partial charge on any atom is -0.346 e. The van der Waals surface area contributed by atoms with Crippen LogP contribution < -0.4 is 5.32 Å². The van der Waals surface area contributed by atoms with E-state index in [1.807, 2.05) is 7.05 Å². The third-order valence-electron chi connectivity index (χ3n) is 2.98. The minimum atomic E-state index is -3.32. The molecule has 5 nitrogen and oxygen atoms in total. The van der Waals surface area contributed by atoms with Crippen molar-refractivity contribution in [2.24, 2.45) is 0 Å². The summed E-state index contributed by atoms with van der Waals surface area (Å²) in [6, 6.07) is 2.26. The highest BCUT2D eigenvalue weighted by atomic mass is 32.2. The highest BCUT2D eigenvalue weighted by Gasteiger charge is 2.28. The quantitative estimate of drug-likeness (QED) is 0.848. The number of nitrogens with one attached hydrogen (secondary N) is 1. The standard InChI is InChI=1S/C11H19N3O2S/c1-12-7-10-6-11(17(15,16)13(2)3)8-14(10)9-4-5-9/h6,8-9,12H,4-5,7H2,1-3H3.